The van der Waals surface area contributed by atoms with Gasteiger partial charge in [0, 0.05) is 0 Å². The third-order valence-electron chi connectivity index (χ3n) is 3.02. The maximum Gasteiger partial charge on any atom is 0.121 e. The van der Waals surface area contributed by atoms with Gasteiger partial charge in [-0.25, -0.2) is 0 Å². The van der Waals surface area contributed by atoms with E-state index in [0.717, 1.165) is 29.7 Å². The van der Waals surface area contributed by atoms with Crippen LogP contribution in [0.5, 0.6) is 5.75 Å². The number of phenolic OH excluding ortho intramolecular Hbond substituents is 1. The summed E-state index contributed by atoms with van der Waals surface area (Å²) in [6.45, 7) is 6.04. The Bertz CT molecular complexity index is 345. The van der Waals surface area contributed by atoms with Crippen molar-refractivity contribution in [3.05, 3.63) is 28.3 Å². The van der Waals surface area contributed by atoms with Crippen molar-refractivity contribution in [2.24, 2.45) is 0 Å². The lowest BCUT2D eigenvalue weighted by atomic mass is 9.95. The van der Waals surface area contributed by atoms with Crippen LogP contribution in [0, 0.1) is 20.8 Å². The first kappa shape index (κ1) is 12.4. The molecule has 0 unspecified atom stereocenters. The summed E-state index contributed by atoms with van der Waals surface area (Å²) in [5, 5.41) is 9.77. The Morgan fingerprint density at radius 1 is 1.13 bits per heavy atom. The second-order valence-corrected chi connectivity index (χ2v) is 4.58. The number of aryl methyl sites for hydroxylation is 2. The van der Waals surface area contributed by atoms with Crippen LogP contribution in [0.25, 0.3) is 0 Å². The van der Waals surface area contributed by atoms with Gasteiger partial charge in [0.1, 0.15) is 5.75 Å². The summed E-state index contributed by atoms with van der Waals surface area (Å²) in [7, 11) is 0. The molecule has 2 heteroatoms. The first-order chi connectivity index (χ1) is 7.07. The van der Waals surface area contributed by atoms with Gasteiger partial charge >= 0.3 is 0 Å². The standard InChI is InChI=1S/C13H20OS/c1-9-8-12(6-4-5-7-15)10(2)11(3)13(9)14/h8,14-15H,4-7H2,1-3H3. The minimum absolute atomic E-state index is 0.449. The third-order valence-corrected chi connectivity index (χ3v) is 3.33. The van der Waals surface area contributed by atoms with E-state index in [1.165, 1.54) is 17.5 Å². The van der Waals surface area contributed by atoms with Gasteiger partial charge in [0.05, 0.1) is 0 Å². The summed E-state index contributed by atoms with van der Waals surface area (Å²) in [6.07, 6.45) is 3.42. The van der Waals surface area contributed by atoms with Crippen LogP contribution in [0.15, 0.2) is 6.07 Å². The molecule has 0 saturated heterocycles. The van der Waals surface area contributed by atoms with Crippen LogP contribution in [0.4, 0.5) is 0 Å². The molecular weight excluding hydrogens is 204 g/mol. The summed E-state index contributed by atoms with van der Waals surface area (Å²) in [6, 6.07) is 2.11. The zero-order chi connectivity index (χ0) is 11.4. The van der Waals surface area contributed by atoms with Gasteiger partial charge < -0.3 is 5.11 Å². The van der Waals surface area contributed by atoms with E-state index in [4.69, 9.17) is 0 Å². The van der Waals surface area contributed by atoms with Crippen molar-refractivity contribution < 1.29 is 5.11 Å². The van der Waals surface area contributed by atoms with Gasteiger partial charge in [-0.2, -0.15) is 12.6 Å². The minimum Gasteiger partial charge on any atom is -0.507 e. The maximum absolute atomic E-state index is 9.77. The van der Waals surface area contributed by atoms with E-state index >= 15 is 0 Å². The predicted octanol–water partition coefficient (Wildman–Crippen LogP) is 3.57. The molecule has 0 heterocycles. The molecule has 0 fully saturated rings. The molecule has 0 atom stereocenters. The van der Waals surface area contributed by atoms with Crippen LogP contribution in [-0.2, 0) is 6.42 Å². The van der Waals surface area contributed by atoms with Crippen LogP contribution < -0.4 is 0 Å². The molecule has 0 bridgehead atoms. The van der Waals surface area contributed by atoms with Crippen LogP contribution in [-0.4, -0.2) is 10.9 Å². The molecule has 1 nitrogen and oxygen atoms in total. The average molecular weight is 224 g/mol. The van der Waals surface area contributed by atoms with E-state index in [0.29, 0.717) is 5.75 Å². The topological polar surface area (TPSA) is 20.2 Å². The Balaban J connectivity index is 2.89. The van der Waals surface area contributed by atoms with E-state index in [1.54, 1.807) is 0 Å². The van der Waals surface area contributed by atoms with Crippen molar-refractivity contribution in [2.75, 3.05) is 5.75 Å². The lowest BCUT2D eigenvalue weighted by molar-refractivity contribution is 0.466. The first-order valence-corrected chi connectivity index (χ1v) is 6.10. The van der Waals surface area contributed by atoms with Gasteiger partial charge in [-0.15, -0.1) is 0 Å². The van der Waals surface area contributed by atoms with E-state index in [2.05, 4.69) is 25.6 Å². The third kappa shape index (κ3) is 2.91. The smallest absolute Gasteiger partial charge is 0.121 e. The average Bonchev–Trinajstić information content (AvgIpc) is 2.23. The number of aromatic hydroxyl groups is 1. The predicted molar refractivity (Wildman–Crippen MR) is 69.1 cm³/mol. The number of thiol groups is 1. The highest BCUT2D eigenvalue weighted by Crippen LogP contribution is 2.28. The molecule has 0 aromatic heterocycles. The normalized spacial score (nSPS) is 10.7. The number of rotatable bonds is 4. The molecule has 0 saturated carbocycles. The second kappa shape index (κ2) is 5.45. The van der Waals surface area contributed by atoms with Gasteiger partial charge in [-0.3, -0.25) is 0 Å². The van der Waals surface area contributed by atoms with Crippen molar-refractivity contribution in [2.45, 2.75) is 40.0 Å². The van der Waals surface area contributed by atoms with Crippen molar-refractivity contribution in [3.63, 3.8) is 0 Å². The Labute approximate surface area is 97.9 Å². The maximum atomic E-state index is 9.77. The van der Waals surface area contributed by atoms with E-state index in [9.17, 15) is 5.11 Å². The Kier molecular flexibility index (Phi) is 4.52. The summed E-state index contributed by atoms with van der Waals surface area (Å²) < 4.78 is 0. The molecule has 0 spiro atoms. The van der Waals surface area contributed by atoms with Gasteiger partial charge in [0.2, 0.25) is 0 Å². The Hall–Kier alpha value is -0.630. The van der Waals surface area contributed by atoms with E-state index in [1.807, 2.05) is 13.8 Å². The molecule has 84 valence electrons. The number of hydrogen-bond donors (Lipinski definition) is 2. The summed E-state index contributed by atoms with van der Waals surface area (Å²) in [5.74, 6) is 1.40. The molecule has 0 amide bonds. The molecule has 1 N–H and O–H groups in total. The largest absolute Gasteiger partial charge is 0.507 e. The fourth-order valence-corrected chi connectivity index (χ4v) is 2.06. The highest BCUT2D eigenvalue weighted by Gasteiger charge is 2.08. The summed E-state index contributed by atoms with van der Waals surface area (Å²) in [4.78, 5) is 0. The lowest BCUT2D eigenvalue weighted by Crippen LogP contribution is -1.96. The van der Waals surface area contributed by atoms with Crippen molar-refractivity contribution in [1.82, 2.24) is 0 Å². The summed E-state index contributed by atoms with van der Waals surface area (Å²) in [5.41, 5.74) is 4.61. The summed E-state index contributed by atoms with van der Waals surface area (Å²) >= 11 is 4.21. The van der Waals surface area contributed by atoms with Crippen LogP contribution in [0.3, 0.4) is 0 Å². The molecule has 0 aliphatic rings. The van der Waals surface area contributed by atoms with E-state index in [-0.39, 0.29) is 0 Å². The zero-order valence-corrected chi connectivity index (χ0v) is 10.7. The number of benzene rings is 1. The first-order valence-electron chi connectivity index (χ1n) is 5.47. The SMILES string of the molecule is Cc1cc(CCCCS)c(C)c(C)c1O. The second-order valence-electron chi connectivity index (χ2n) is 4.13. The van der Waals surface area contributed by atoms with Gasteiger partial charge in [0.25, 0.3) is 0 Å². The monoisotopic (exact) mass is 224 g/mol. The highest BCUT2D eigenvalue weighted by molar-refractivity contribution is 7.80. The number of hydrogen-bond acceptors (Lipinski definition) is 2. The fourth-order valence-electron chi connectivity index (χ4n) is 1.84. The quantitative estimate of drug-likeness (QED) is 0.592. The van der Waals surface area contributed by atoms with Gasteiger partial charge in [-0.1, -0.05) is 6.07 Å². The molecule has 0 aliphatic carbocycles. The lowest BCUT2D eigenvalue weighted by Gasteiger charge is -2.12. The Morgan fingerprint density at radius 2 is 1.80 bits per heavy atom. The van der Waals surface area contributed by atoms with E-state index < -0.39 is 0 Å². The van der Waals surface area contributed by atoms with Crippen molar-refractivity contribution >= 4 is 12.6 Å². The molecule has 1 rings (SSSR count). The van der Waals surface area contributed by atoms with Crippen LogP contribution in [0.2, 0.25) is 0 Å². The molecule has 1 aromatic carbocycles. The molecule has 1 aromatic rings. The zero-order valence-electron chi connectivity index (χ0n) is 9.80. The minimum atomic E-state index is 0.449. The van der Waals surface area contributed by atoms with Crippen molar-refractivity contribution in [3.8, 4) is 5.75 Å². The number of phenols is 1. The number of unbranched alkanes of at least 4 members (excludes halogenated alkanes) is 1. The fraction of sp³-hybridized carbons (Fsp3) is 0.538. The molecule has 15 heavy (non-hydrogen) atoms. The molecule has 0 radical (unpaired) electrons. The van der Waals surface area contributed by atoms with Crippen molar-refractivity contribution in [1.29, 1.82) is 0 Å². The molecule has 0 aliphatic heterocycles. The van der Waals surface area contributed by atoms with Crippen LogP contribution in [0.1, 0.15) is 35.1 Å². The molecular formula is C13H20OS. The van der Waals surface area contributed by atoms with Crippen LogP contribution >= 0.6 is 12.6 Å². The van der Waals surface area contributed by atoms with Gasteiger partial charge in [-0.05, 0) is 68.0 Å². The highest BCUT2D eigenvalue weighted by atomic mass is 32.1. The van der Waals surface area contributed by atoms with Gasteiger partial charge in [0.15, 0.2) is 0 Å². The Morgan fingerprint density at radius 3 is 2.40 bits per heavy atom.